The summed E-state index contributed by atoms with van der Waals surface area (Å²) in [6.07, 6.45) is 1.11. The molecule has 0 aromatic heterocycles. The molecule has 13 heavy (non-hydrogen) atoms. The van der Waals surface area contributed by atoms with Crippen LogP contribution in [-0.2, 0) is 0 Å². The van der Waals surface area contributed by atoms with Crippen LogP contribution >= 0.6 is 0 Å². The Morgan fingerprint density at radius 3 is 2.15 bits per heavy atom. The van der Waals surface area contributed by atoms with Gasteiger partial charge < -0.3 is 10.2 Å². The number of guanidine groups is 1. The molecule has 0 heterocycles. The summed E-state index contributed by atoms with van der Waals surface area (Å²) in [5.74, 6) is 1.05. The lowest BCUT2D eigenvalue weighted by Gasteiger charge is -2.23. The van der Waals surface area contributed by atoms with Crippen LogP contribution in [0.3, 0.4) is 0 Å². The van der Waals surface area contributed by atoms with Gasteiger partial charge in [0.15, 0.2) is 5.96 Å². The van der Waals surface area contributed by atoms with Gasteiger partial charge in [0.1, 0.15) is 0 Å². The highest BCUT2D eigenvalue weighted by Gasteiger charge is 2.04. The monoisotopic (exact) mass is 185 g/mol. The van der Waals surface area contributed by atoms with Gasteiger partial charge in [-0.15, -0.1) is 0 Å². The Bertz CT molecular complexity index is 139. The smallest absolute Gasteiger partial charge is 0.193 e. The maximum absolute atomic E-state index is 4.51. The van der Waals surface area contributed by atoms with E-state index >= 15 is 0 Å². The van der Waals surface area contributed by atoms with Crippen molar-refractivity contribution in [2.75, 3.05) is 26.2 Å². The number of rotatable bonds is 5. The third kappa shape index (κ3) is 4.76. The van der Waals surface area contributed by atoms with Crippen molar-refractivity contribution in [3.63, 3.8) is 0 Å². The fourth-order valence-electron chi connectivity index (χ4n) is 1.17. The van der Waals surface area contributed by atoms with E-state index in [2.05, 4.69) is 42.9 Å². The second-order valence-corrected chi connectivity index (χ2v) is 2.91. The Balaban J connectivity index is 4.19. The molecule has 0 amide bonds. The summed E-state index contributed by atoms with van der Waals surface area (Å²) >= 11 is 0. The molecule has 0 aliphatic heterocycles. The molecule has 0 saturated carbocycles. The van der Waals surface area contributed by atoms with Crippen molar-refractivity contribution in [2.45, 2.75) is 34.1 Å². The van der Waals surface area contributed by atoms with E-state index in [9.17, 15) is 0 Å². The summed E-state index contributed by atoms with van der Waals surface area (Å²) in [5, 5.41) is 3.30. The number of hydrogen-bond acceptors (Lipinski definition) is 1. The SMILES string of the molecule is CCCN=C(NCC)N(CC)CC. The second-order valence-electron chi connectivity index (χ2n) is 2.91. The highest BCUT2D eigenvalue weighted by atomic mass is 15.3. The number of aliphatic imine (C=N–C) groups is 1. The second kappa shape index (κ2) is 7.90. The van der Waals surface area contributed by atoms with Gasteiger partial charge in [0.25, 0.3) is 0 Å². The third-order valence-corrected chi connectivity index (χ3v) is 1.88. The van der Waals surface area contributed by atoms with Crippen molar-refractivity contribution < 1.29 is 0 Å². The molecular formula is C10H23N3. The molecule has 78 valence electrons. The van der Waals surface area contributed by atoms with E-state index in [4.69, 9.17) is 0 Å². The zero-order valence-electron chi connectivity index (χ0n) is 9.43. The van der Waals surface area contributed by atoms with E-state index in [1.165, 1.54) is 0 Å². The Kier molecular flexibility index (Phi) is 7.45. The third-order valence-electron chi connectivity index (χ3n) is 1.88. The topological polar surface area (TPSA) is 27.6 Å². The van der Waals surface area contributed by atoms with Crippen LogP contribution in [0.25, 0.3) is 0 Å². The van der Waals surface area contributed by atoms with Crippen LogP contribution in [0.2, 0.25) is 0 Å². The molecule has 1 N–H and O–H groups in total. The van der Waals surface area contributed by atoms with Gasteiger partial charge in [-0.25, -0.2) is 0 Å². The average Bonchev–Trinajstić information content (AvgIpc) is 2.16. The van der Waals surface area contributed by atoms with Gasteiger partial charge in [0.05, 0.1) is 0 Å². The lowest BCUT2D eigenvalue weighted by molar-refractivity contribution is 0.445. The van der Waals surface area contributed by atoms with Crippen molar-refractivity contribution in [3.8, 4) is 0 Å². The van der Waals surface area contributed by atoms with E-state index in [1.54, 1.807) is 0 Å². The van der Waals surface area contributed by atoms with Gasteiger partial charge in [-0.2, -0.15) is 0 Å². The minimum Gasteiger partial charge on any atom is -0.357 e. The first-order valence-electron chi connectivity index (χ1n) is 5.33. The summed E-state index contributed by atoms with van der Waals surface area (Å²) < 4.78 is 0. The normalized spacial score (nSPS) is 11.5. The van der Waals surface area contributed by atoms with E-state index in [-0.39, 0.29) is 0 Å². The Hall–Kier alpha value is -0.730. The summed E-state index contributed by atoms with van der Waals surface area (Å²) in [5.41, 5.74) is 0. The molecule has 0 aliphatic rings. The van der Waals surface area contributed by atoms with E-state index < -0.39 is 0 Å². The van der Waals surface area contributed by atoms with Crippen molar-refractivity contribution in [2.24, 2.45) is 4.99 Å². The van der Waals surface area contributed by atoms with Crippen molar-refractivity contribution >= 4 is 5.96 Å². The van der Waals surface area contributed by atoms with Crippen molar-refractivity contribution in [1.82, 2.24) is 10.2 Å². The quantitative estimate of drug-likeness (QED) is 0.521. The molecule has 0 spiro atoms. The average molecular weight is 185 g/mol. The summed E-state index contributed by atoms with van der Waals surface area (Å²) in [4.78, 5) is 6.75. The minimum atomic E-state index is 0.916. The molecule has 0 aromatic rings. The zero-order chi connectivity index (χ0) is 10.1. The van der Waals surface area contributed by atoms with Gasteiger partial charge in [-0.05, 0) is 27.2 Å². The number of hydrogen-bond donors (Lipinski definition) is 1. The molecule has 0 radical (unpaired) electrons. The van der Waals surface area contributed by atoms with Crippen LogP contribution in [0.1, 0.15) is 34.1 Å². The van der Waals surface area contributed by atoms with Crippen LogP contribution in [0, 0.1) is 0 Å². The summed E-state index contributed by atoms with van der Waals surface area (Å²) in [7, 11) is 0. The zero-order valence-corrected chi connectivity index (χ0v) is 9.43. The largest absolute Gasteiger partial charge is 0.357 e. The first-order chi connectivity index (χ1) is 6.29. The van der Waals surface area contributed by atoms with Gasteiger partial charge in [-0.1, -0.05) is 6.92 Å². The predicted octanol–water partition coefficient (Wildman–Crippen LogP) is 1.70. The first kappa shape index (κ1) is 12.3. The molecule has 0 fully saturated rings. The molecule has 3 heteroatoms. The molecule has 0 aromatic carbocycles. The molecule has 0 unspecified atom stereocenters. The summed E-state index contributed by atoms with van der Waals surface area (Å²) in [6.45, 7) is 12.5. The number of nitrogens with one attached hydrogen (secondary N) is 1. The maximum Gasteiger partial charge on any atom is 0.193 e. The molecule has 0 saturated heterocycles. The highest BCUT2D eigenvalue weighted by molar-refractivity contribution is 5.79. The van der Waals surface area contributed by atoms with Crippen LogP contribution in [0.15, 0.2) is 4.99 Å². The van der Waals surface area contributed by atoms with Gasteiger partial charge >= 0.3 is 0 Å². The van der Waals surface area contributed by atoms with E-state index in [1.807, 2.05) is 0 Å². The molecular weight excluding hydrogens is 162 g/mol. The lowest BCUT2D eigenvalue weighted by atomic mass is 10.5. The van der Waals surface area contributed by atoms with Gasteiger partial charge in [-0.3, -0.25) is 4.99 Å². The Labute approximate surface area is 82.2 Å². The first-order valence-corrected chi connectivity index (χ1v) is 5.33. The van der Waals surface area contributed by atoms with E-state index in [0.29, 0.717) is 0 Å². The van der Waals surface area contributed by atoms with Crippen LogP contribution in [0.4, 0.5) is 0 Å². The molecule has 0 aliphatic carbocycles. The fraction of sp³-hybridized carbons (Fsp3) is 0.900. The highest BCUT2D eigenvalue weighted by Crippen LogP contribution is 1.90. The van der Waals surface area contributed by atoms with Gasteiger partial charge in [0, 0.05) is 26.2 Å². The molecule has 0 rings (SSSR count). The van der Waals surface area contributed by atoms with Gasteiger partial charge in [0.2, 0.25) is 0 Å². The van der Waals surface area contributed by atoms with Crippen molar-refractivity contribution in [3.05, 3.63) is 0 Å². The molecule has 0 atom stereocenters. The minimum absolute atomic E-state index is 0.916. The van der Waals surface area contributed by atoms with E-state index in [0.717, 1.165) is 38.6 Å². The maximum atomic E-state index is 4.51. The van der Waals surface area contributed by atoms with Crippen molar-refractivity contribution in [1.29, 1.82) is 0 Å². The molecule has 0 bridgehead atoms. The Morgan fingerprint density at radius 1 is 1.15 bits per heavy atom. The summed E-state index contributed by atoms with van der Waals surface area (Å²) in [6, 6.07) is 0. The predicted molar refractivity (Wildman–Crippen MR) is 59.2 cm³/mol. The molecule has 3 nitrogen and oxygen atoms in total. The Morgan fingerprint density at radius 2 is 1.77 bits per heavy atom. The van der Waals surface area contributed by atoms with Crippen LogP contribution < -0.4 is 5.32 Å². The fourth-order valence-corrected chi connectivity index (χ4v) is 1.17. The lowest BCUT2D eigenvalue weighted by Crippen LogP contribution is -2.41. The number of nitrogens with zero attached hydrogens (tertiary/aromatic N) is 2. The van der Waals surface area contributed by atoms with Crippen LogP contribution in [0.5, 0.6) is 0 Å². The van der Waals surface area contributed by atoms with Crippen LogP contribution in [-0.4, -0.2) is 37.0 Å². The standard InChI is InChI=1S/C10H23N3/c1-5-9-12-10(11-6-2)13(7-3)8-4/h5-9H2,1-4H3,(H,11,12).